The van der Waals surface area contributed by atoms with Crippen LogP contribution in [0, 0.1) is 13.8 Å². The lowest BCUT2D eigenvalue weighted by Gasteiger charge is -2.13. The van der Waals surface area contributed by atoms with Crippen molar-refractivity contribution in [2.75, 3.05) is 0 Å². The number of carbonyl (C=O) groups excluding carboxylic acids is 1. The third kappa shape index (κ3) is 3.20. The van der Waals surface area contributed by atoms with Crippen molar-refractivity contribution in [3.05, 3.63) is 63.5 Å². The molecule has 0 bridgehead atoms. The van der Waals surface area contributed by atoms with E-state index in [1.807, 2.05) is 32.9 Å². The molecule has 0 fully saturated rings. The normalized spacial score (nSPS) is 12.3. The number of hydrogen-bond acceptors (Lipinski definition) is 4. The SMILES string of the molecule is CCn1c(=O)c(C)nc2cc(C(=O)NC(C)c3ccc(C)o3)ccc21. The quantitative estimate of drug-likeness (QED) is 0.792. The third-order valence-corrected chi connectivity index (χ3v) is 4.22. The summed E-state index contributed by atoms with van der Waals surface area (Å²) in [6.45, 7) is 7.88. The molecule has 2 aromatic heterocycles. The number of furan rings is 1. The van der Waals surface area contributed by atoms with E-state index in [0.29, 0.717) is 29.1 Å². The van der Waals surface area contributed by atoms with E-state index in [1.54, 1.807) is 29.7 Å². The average molecular weight is 339 g/mol. The van der Waals surface area contributed by atoms with Crippen molar-refractivity contribution >= 4 is 16.9 Å². The fourth-order valence-electron chi connectivity index (χ4n) is 2.87. The van der Waals surface area contributed by atoms with E-state index in [4.69, 9.17) is 4.42 Å². The van der Waals surface area contributed by atoms with E-state index >= 15 is 0 Å². The van der Waals surface area contributed by atoms with Gasteiger partial charge in [0.15, 0.2) is 0 Å². The van der Waals surface area contributed by atoms with Crippen LogP contribution in [0.15, 0.2) is 39.5 Å². The molecular formula is C19H21N3O3. The molecule has 1 aromatic carbocycles. The molecule has 130 valence electrons. The van der Waals surface area contributed by atoms with E-state index in [1.165, 1.54) is 0 Å². The van der Waals surface area contributed by atoms with Crippen molar-refractivity contribution in [3.8, 4) is 0 Å². The molecule has 1 atom stereocenters. The molecule has 1 unspecified atom stereocenters. The zero-order valence-corrected chi connectivity index (χ0v) is 14.8. The predicted octanol–water partition coefficient (Wildman–Crippen LogP) is 3.12. The molecule has 0 aliphatic heterocycles. The van der Waals surface area contributed by atoms with Gasteiger partial charge in [-0.2, -0.15) is 0 Å². The number of nitrogens with one attached hydrogen (secondary N) is 1. The number of aromatic nitrogens is 2. The van der Waals surface area contributed by atoms with Crippen LogP contribution in [0.2, 0.25) is 0 Å². The zero-order chi connectivity index (χ0) is 18.1. The van der Waals surface area contributed by atoms with E-state index in [-0.39, 0.29) is 17.5 Å². The van der Waals surface area contributed by atoms with Crippen LogP contribution >= 0.6 is 0 Å². The molecule has 1 N–H and O–H groups in total. The first-order valence-electron chi connectivity index (χ1n) is 8.29. The molecule has 0 radical (unpaired) electrons. The molecule has 0 saturated carbocycles. The van der Waals surface area contributed by atoms with Gasteiger partial charge in [0.1, 0.15) is 17.2 Å². The number of hydrogen-bond donors (Lipinski definition) is 1. The summed E-state index contributed by atoms with van der Waals surface area (Å²) in [6.07, 6.45) is 0. The number of aryl methyl sites for hydroxylation is 3. The van der Waals surface area contributed by atoms with Crippen molar-refractivity contribution in [2.45, 2.75) is 40.3 Å². The number of rotatable bonds is 4. The predicted molar refractivity (Wildman–Crippen MR) is 95.7 cm³/mol. The van der Waals surface area contributed by atoms with Crippen LogP contribution in [0.5, 0.6) is 0 Å². The molecule has 0 aliphatic rings. The van der Waals surface area contributed by atoms with Crippen molar-refractivity contribution in [2.24, 2.45) is 0 Å². The molecule has 3 rings (SSSR count). The van der Waals surface area contributed by atoms with Gasteiger partial charge >= 0.3 is 0 Å². The number of nitrogens with zero attached hydrogens (tertiary/aromatic N) is 2. The zero-order valence-electron chi connectivity index (χ0n) is 14.8. The van der Waals surface area contributed by atoms with E-state index in [2.05, 4.69) is 10.3 Å². The number of benzene rings is 1. The fraction of sp³-hybridized carbons (Fsp3) is 0.316. The Bertz CT molecular complexity index is 1000. The molecule has 6 heteroatoms. The first-order valence-corrected chi connectivity index (χ1v) is 8.29. The highest BCUT2D eigenvalue weighted by atomic mass is 16.3. The first-order chi connectivity index (χ1) is 11.9. The van der Waals surface area contributed by atoms with Gasteiger partial charge in [0.25, 0.3) is 11.5 Å². The van der Waals surface area contributed by atoms with Crippen LogP contribution in [0.3, 0.4) is 0 Å². The maximum absolute atomic E-state index is 12.5. The van der Waals surface area contributed by atoms with Crippen LogP contribution < -0.4 is 10.9 Å². The first kappa shape index (κ1) is 17.0. The number of amides is 1. The Labute approximate surface area is 145 Å². The van der Waals surface area contributed by atoms with Gasteiger partial charge in [0.05, 0.1) is 17.1 Å². The lowest BCUT2D eigenvalue weighted by atomic mass is 10.1. The van der Waals surface area contributed by atoms with Crippen LogP contribution in [0.1, 0.15) is 47.5 Å². The number of carbonyl (C=O) groups is 1. The van der Waals surface area contributed by atoms with Gasteiger partial charge in [0, 0.05) is 12.1 Å². The molecule has 2 heterocycles. The lowest BCUT2D eigenvalue weighted by molar-refractivity contribution is 0.0935. The summed E-state index contributed by atoms with van der Waals surface area (Å²) in [5.41, 5.74) is 2.17. The minimum atomic E-state index is -0.240. The van der Waals surface area contributed by atoms with Gasteiger partial charge in [-0.3, -0.25) is 9.59 Å². The van der Waals surface area contributed by atoms with Crippen molar-refractivity contribution in [1.29, 1.82) is 0 Å². The molecule has 1 amide bonds. The summed E-state index contributed by atoms with van der Waals surface area (Å²) in [4.78, 5) is 29.0. The molecule has 6 nitrogen and oxygen atoms in total. The van der Waals surface area contributed by atoms with E-state index in [9.17, 15) is 9.59 Å². The second-order valence-electron chi connectivity index (χ2n) is 6.09. The third-order valence-electron chi connectivity index (χ3n) is 4.22. The minimum absolute atomic E-state index is 0.103. The smallest absolute Gasteiger partial charge is 0.272 e. The minimum Gasteiger partial charge on any atom is -0.464 e. The monoisotopic (exact) mass is 339 g/mol. The van der Waals surface area contributed by atoms with Gasteiger partial charge in [-0.1, -0.05) is 0 Å². The maximum Gasteiger partial charge on any atom is 0.272 e. The van der Waals surface area contributed by atoms with E-state index in [0.717, 1.165) is 11.3 Å². The Morgan fingerprint density at radius 3 is 2.68 bits per heavy atom. The van der Waals surface area contributed by atoms with Crippen molar-refractivity contribution in [3.63, 3.8) is 0 Å². The lowest BCUT2D eigenvalue weighted by Crippen LogP contribution is -2.27. The molecule has 0 aliphatic carbocycles. The summed E-state index contributed by atoms with van der Waals surface area (Å²) in [6, 6.07) is 8.67. The standard InChI is InChI=1S/C19H21N3O3/c1-5-22-16-8-7-14(10-15(16)20-13(4)19(22)24)18(23)21-12(3)17-9-6-11(2)25-17/h6-10,12H,5H2,1-4H3,(H,21,23). The summed E-state index contributed by atoms with van der Waals surface area (Å²) < 4.78 is 7.21. The van der Waals surface area contributed by atoms with Crippen molar-refractivity contribution < 1.29 is 9.21 Å². The Hall–Kier alpha value is -2.89. The highest BCUT2D eigenvalue weighted by Gasteiger charge is 2.15. The molecule has 0 spiro atoms. The average Bonchev–Trinajstić information content (AvgIpc) is 3.02. The highest BCUT2D eigenvalue weighted by molar-refractivity contribution is 5.97. The van der Waals surface area contributed by atoms with Gasteiger partial charge < -0.3 is 14.3 Å². The van der Waals surface area contributed by atoms with Crippen LogP contribution in [-0.2, 0) is 6.54 Å². The largest absolute Gasteiger partial charge is 0.464 e. The Balaban J connectivity index is 1.92. The molecule has 25 heavy (non-hydrogen) atoms. The second kappa shape index (κ2) is 6.55. The van der Waals surface area contributed by atoms with E-state index < -0.39 is 0 Å². The van der Waals surface area contributed by atoms with Gasteiger partial charge in [-0.15, -0.1) is 0 Å². The summed E-state index contributed by atoms with van der Waals surface area (Å²) in [5, 5.41) is 2.92. The summed E-state index contributed by atoms with van der Waals surface area (Å²) in [7, 11) is 0. The Kier molecular flexibility index (Phi) is 4.44. The molecular weight excluding hydrogens is 318 g/mol. The number of fused-ring (bicyclic) bond motifs is 1. The van der Waals surface area contributed by atoms with Crippen LogP contribution in [0.4, 0.5) is 0 Å². The van der Waals surface area contributed by atoms with Gasteiger partial charge in [0.2, 0.25) is 0 Å². The van der Waals surface area contributed by atoms with Gasteiger partial charge in [-0.05, 0) is 58.0 Å². The summed E-state index contributed by atoms with van der Waals surface area (Å²) >= 11 is 0. The van der Waals surface area contributed by atoms with Crippen LogP contribution in [0.25, 0.3) is 11.0 Å². The van der Waals surface area contributed by atoms with Crippen molar-refractivity contribution in [1.82, 2.24) is 14.9 Å². The highest BCUT2D eigenvalue weighted by Crippen LogP contribution is 2.18. The Morgan fingerprint density at radius 2 is 2.04 bits per heavy atom. The molecule has 3 aromatic rings. The molecule has 0 saturated heterocycles. The van der Waals surface area contributed by atoms with Gasteiger partial charge in [-0.25, -0.2) is 4.98 Å². The fourth-order valence-corrected chi connectivity index (χ4v) is 2.87. The van der Waals surface area contributed by atoms with Crippen LogP contribution in [-0.4, -0.2) is 15.5 Å². The second-order valence-corrected chi connectivity index (χ2v) is 6.09. The topological polar surface area (TPSA) is 77.1 Å². The maximum atomic E-state index is 12.5. The Morgan fingerprint density at radius 1 is 1.28 bits per heavy atom. The summed E-state index contributed by atoms with van der Waals surface area (Å²) in [5.74, 6) is 1.30.